The molecule has 0 unspecified atom stereocenters. The molecule has 0 N–H and O–H groups in total. The molecule has 4 nitrogen and oxygen atoms in total. The van der Waals surface area contributed by atoms with Crippen molar-refractivity contribution in [1.82, 2.24) is 0 Å². The zero-order valence-electron chi connectivity index (χ0n) is 8.54. The summed E-state index contributed by atoms with van der Waals surface area (Å²) >= 11 is 0. The fraction of sp³-hybridized carbons (Fsp3) is 0.600. The molecule has 0 fully saturated rings. The van der Waals surface area contributed by atoms with Crippen LogP contribution in [0.3, 0.4) is 0 Å². The summed E-state index contributed by atoms with van der Waals surface area (Å²) in [6, 6.07) is 0. The average Bonchev–Trinajstić information content (AvgIpc) is 2.17. The van der Waals surface area contributed by atoms with E-state index < -0.39 is 0 Å². The first-order valence-corrected chi connectivity index (χ1v) is 4.66. The molecule has 4 heteroatoms. The van der Waals surface area contributed by atoms with E-state index in [-0.39, 0.29) is 13.1 Å². The van der Waals surface area contributed by atoms with E-state index in [0.717, 1.165) is 35.1 Å². The zero-order valence-corrected chi connectivity index (χ0v) is 8.54. The van der Waals surface area contributed by atoms with Gasteiger partial charge in [-0.1, -0.05) is 21.5 Å². The Morgan fingerprint density at radius 3 is 1.57 bits per heavy atom. The van der Waals surface area contributed by atoms with Crippen LogP contribution in [0.4, 0.5) is 0 Å². The van der Waals surface area contributed by atoms with Gasteiger partial charge in [-0.3, -0.25) is 0 Å². The smallest absolute Gasteiger partial charge is 0.106 e. The highest BCUT2D eigenvalue weighted by molar-refractivity contribution is 5.43. The van der Waals surface area contributed by atoms with Gasteiger partial charge < -0.3 is 0 Å². The molecule has 0 saturated carbocycles. The van der Waals surface area contributed by atoms with Crippen molar-refractivity contribution in [3.63, 3.8) is 0 Å². The molecule has 0 aromatic carbocycles. The number of nitroso groups, excluding NO2 is 2. The highest BCUT2D eigenvalue weighted by atomic mass is 16.3. The molecule has 0 atom stereocenters. The standard InChI is InChI=1S/C10H14N2O2/c1-7-3-4-8(2)10(6-12-14)9(7)5-11-13/h3-6H2,1-2H3. The van der Waals surface area contributed by atoms with Crippen LogP contribution >= 0.6 is 0 Å². The van der Waals surface area contributed by atoms with E-state index in [2.05, 4.69) is 10.4 Å². The summed E-state index contributed by atoms with van der Waals surface area (Å²) < 4.78 is 0. The van der Waals surface area contributed by atoms with Gasteiger partial charge in [-0.15, -0.1) is 0 Å². The molecule has 0 aromatic rings. The van der Waals surface area contributed by atoms with Crippen LogP contribution in [-0.4, -0.2) is 13.1 Å². The van der Waals surface area contributed by atoms with E-state index in [4.69, 9.17) is 0 Å². The van der Waals surface area contributed by atoms with Gasteiger partial charge in [-0.05, 0) is 37.8 Å². The van der Waals surface area contributed by atoms with Crippen molar-refractivity contribution in [2.45, 2.75) is 26.7 Å². The summed E-state index contributed by atoms with van der Waals surface area (Å²) in [7, 11) is 0. The van der Waals surface area contributed by atoms with Crippen molar-refractivity contribution >= 4 is 0 Å². The summed E-state index contributed by atoms with van der Waals surface area (Å²) in [6.07, 6.45) is 1.91. The summed E-state index contributed by atoms with van der Waals surface area (Å²) in [5.74, 6) is 0. The molecule has 1 aliphatic rings. The average molecular weight is 194 g/mol. The quantitative estimate of drug-likeness (QED) is 0.646. The van der Waals surface area contributed by atoms with Crippen molar-refractivity contribution < 1.29 is 0 Å². The van der Waals surface area contributed by atoms with Crippen LogP contribution in [0.1, 0.15) is 26.7 Å². The van der Waals surface area contributed by atoms with Crippen LogP contribution in [0, 0.1) is 9.81 Å². The highest BCUT2D eigenvalue weighted by Gasteiger charge is 2.17. The summed E-state index contributed by atoms with van der Waals surface area (Å²) in [4.78, 5) is 20.5. The minimum atomic E-state index is 0.161. The van der Waals surface area contributed by atoms with E-state index >= 15 is 0 Å². The molecule has 0 aliphatic heterocycles. The minimum absolute atomic E-state index is 0.161. The first-order valence-electron chi connectivity index (χ1n) is 4.66. The van der Waals surface area contributed by atoms with Gasteiger partial charge in [-0.25, -0.2) is 0 Å². The zero-order chi connectivity index (χ0) is 10.6. The summed E-state index contributed by atoms with van der Waals surface area (Å²) in [5.41, 5.74) is 4.16. The van der Waals surface area contributed by atoms with Crippen LogP contribution in [0.15, 0.2) is 32.6 Å². The second kappa shape index (κ2) is 4.79. The van der Waals surface area contributed by atoms with Gasteiger partial charge in [0.1, 0.15) is 13.1 Å². The van der Waals surface area contributed by atoms with E-state index in [1.54, 1.807) is 0 Å². The molecular weight excluding hydrogens is 180 g/mol. The summed E-state index contributed by atoms with van der Waals surface area (Å²) in [5, 5.41) is 5.78. The van der Waals surface area contributed by atoms with Gasteiger partial charge in [0.15, 0.2) is 0 Å². The van der Waals surface area contributed by atoms with E-state index in [1.165, 1.54) is 0 Å². The molecule has 0 spiro atoms. The van der Waals surface area contributed by atoms with E-state index in [1.807, 2.05) is 13.8 Å². The van der Waals surface area contributed by atoms with Gasteiger partial charge in [0.2, 0.25) is 0 Å². The molecule has 14 heavy (non-hydrogen) atoms. The maximum Gasteiger partial charge on any atom is 0.106 e. The molecule has 1 aliphatic carbocycles. The molecule has 0 aromatic heterocycles. The predicted molar refractivity (Wildman–Crippen MR) is 56.0 cm³/mol. The van der Waals surface area contributed by atoms with Gasteiger partial charge in [0, 0.05) is 0 Å². The Kier molecular flexibility index (Phi) is 3.68. The van der Waals surface area contributed by atoms with Crippen molar-refractivity contribution in [3.05, 3.63) is 32.1 Å². The van der Waals surface area contributed by atoms with E-state index in [9.17, 15) is 9.81 Å². The molecule has 0 saturated heterocycles. The molecular formula is C10H14N2O2. The SMILES string of the molecule is CC1=C(CN=O)C(CN=O)=C(C)CC1. The third kappa shape index (κ3) is 2.13. The fourth-order valence-corrected chi connectivity index (χ4v) is 1.78. The molecule has 0 bridgehead atoms. The lowest BCUT2D eigenvalue weighted by Crippen LogP contribution is -2.08. The number of hydrogen-bond donors (Lipinski definition) is 0. The molecule has 0 radical (unpaired) electrons. The first kappa shape index (κ1) is 10.8. The van der Waals surface area contributed by atoms with Gasteiger partial charge >= 0.3 is 0 Å². The Balaban J connectivity index is 3.03. The Morgan fingerprint density at radius 1 is 0.929 bits per heavy atom. The Bertz CT molecular complexity index is 284. The van der Waals surface area contributed by atoms with Crippen LogP contribution in [0.25, 0.3) is 0 Å². The second-order valence-electron chi connectivity index (χ2n) is 3.59. The van der Waals surface area contributed by atoms with Crippen LogP contribution in [0.5, 0.6) is 0 Å². The predicted octanol–water partition coefficient (Wildman–Crippen LogP) is 2.95. The molecule has 0 amide bonds. The van der Waals surface area contributed by atoms with Crippen molar-refractivity contribution in [1.29, 1.82) is 0 Å². The lowest BCUT2D eigenvalue weighted by Gasteiger charge is -2.20. The lowest BCUT2D eigenvalue weighted by atomic mass is 9.87. The van der Waals surface area contributed by atoms with Crippen molar-refractivity contribution in [3.8, 4) is 0 Å². The Morgan fingerprint density at radius 2 is 1.29 bits per heavy atom. The number of hydrogen-bond acceptors (Lipinski definition) is 4. The van der Waals surface area contributed by atoms with Crippen LogP contribution in [-0.2, 0) is 0 Å². The van der Waals surface area contributed by atoms with Crippen molar-refractivity contribution in [2.75, 3.05) is 13.1 Å². The lowest BCUT2D eigenvalue weighted by molar-refractivity contribution is 0.834. The largest absolute Gasteiger partial charge is 0.150 e. The number of nitrogens with zero attached hydrogens (tertiary/aromatic N) is 2. The first-order chi connectivity index (χ1) is 6.70. The van der Waals surface area contributed by atoms with Gasteiger partial charge in [0.25, 0.3) is 0 Å². The Labute approximate surface area is 83.0 Å². The number of allylic oxidation sites excluding steroid dienone is 2. The van der Waals surface area contributed by atoms with E-state index in [0.29, 0.717) is 0 Å². The second-order valence-corrected chi connectivity index (χ2v) is 3.59. The molecule has 76 valence electrons. The normalized spacial score (nSPS) is 17.3. The third-order valence-electron chi connectivity index (χ3n) is 2.71. The maximum atomic E-state index is 10.3. The monoisotopic (exact) mass is 194 g/mol. The van der Waals surface area contributed by atoms with Gasteiger partial charge in [-0.2, -0.15) is 9.81 Å². The fourth-order valence-electron chi connectivity index (χ4n) is 1.78. The minimum Gasteiger partial charge on any atom is -0.150 e. The maximum absolute atomic E-state index is 10.3. The molecule has 1 rings (SSSR count). The highest BCUT2D eigenvalue weighted by Crippen LogP contribution is 2.30. The molecule has 0 heterocycles. The number of rotatable bonds is 4. The van der Waals surface area contributed by atoms with Crippen LogP contribution in [0.2, 0.25) is 0 Å². The topological polar surface area (TPSA) is 58.9 Å². The summed E-state index contributed by atoms with van der Waals surface area (Å²) in [6.45, 7) is 4.29. The van der Waals surface area contributed by atoms with Crippen molar-refractivity contribution in [2.24, 2.45) is 10.4 Å². The Hall–Kier alpha value is -1.32. The third-order valence-corrected chi connectivity index (χ3v) is 2.71. The van der Waals surface area contributed by atoms with Gasteiger partial charge in [0.05, 0.1) is 0 Å². The van der Waals surface area contributed by atoms with Crippen LogP contribution < -0.4 is 0 Å².